The smallest absolute Gasteiger partial charge is 0.250 e. The van der Waals surface area contributed by atoms with Gasteiger partial charge in [0.1, 0.15) is 6.10 Å². The van der Waals surface area contributed by atoms with Crippen LogP contribution in [0.4, 0.5) is 0 Å². The first-order chi connectivity index (χ1) is 9.75. The van der Waals surface area contributed by atoms with Gasteiger partial charge in [-0.15, -0.1) is 12.4 Å². The van der Waals surface area contributed by atoms with Gasteiger partial charge in [-0.1, -0.05) is 30.3 Å². The second-order valence-corrected chi connectivity index (χ2v) is 4.97. The Morgan fingerprint density at radius 1 is 1.48 bits per heavy atom. The zero-order chi connectivity index (χ0) is 14.2. The molecule has 1 amide bonds. The number of benzene rings is 1. The molecule has 0 spiro atoms. The Labute approximate surface area is 131 Å². The van der Waals surface area contributed by atoms with Crippen LogP contribution in [0, 0.1) is 0 Å². The standard InChI is InChI=1S/C15H22N2O3.ClH/c1-12(10-19-11-13-5-3-2-4-6-13)17-15(18)14-9-16-7-8-20-14;/h2-6,12,14,16H,7-11H2,1H3,(H,17,18);1H. The highest BCUT2D eigenvalue weighted by atomic mass is 35.5. The number of carbonyl (C=O) groups excluding carboxylic acids is 1. The van der Waals surface area contributed by atoms with E-state index < -0.39 is 0 Å². The molecule has 5 nitrogen and oxygen atoms in total. The molecule has 1 aromatic carbocycles. The van der Waals surface area contributed by atoms with Crippen molar-refractivity contribution in [2.45, 2.75) is 25.7 Å². The molecule has 1 aromatic rings. The third-order valence-electron chi connectivity index (χ3n) is 3.09. The highest BCUT2D eigenvalue weighted by molar-refractivity contribution is 5.85. The summed E-state index contributed by atoms with van der Waals surface area (Å²) >= 11 is 0. The van der Waals surface area contributed by atoms with Crippen LogP contribution in [0.25, 0.3) is 0 Å². The van der Waals surface area contributed by atoms with Crippen molar-refractivity contribution < 1.29 is 14.3 Å². The van der Waals surface area contributed by atoms with Gasteiger partial charge in [-0.3, -0.25) is 4.79 Å². The van der Waals surface area contributed by atoms with E-state index in [0.717, 1.165) is 12.1 Å². The van der Waals surface area contributed by atoms with Gasteiger partial charge in [0.15, 0.2) is 0 Å². The summed E-state index contributed by atoms with van der Waals surface area (Å²) in [5, 5.41) is 6.04. The predicted octanol–water partition coefficient (Wildman–Crippen LogP) is 1.12. The van der Waals surface area contributed by atoms with Crippen LogP contribution in [0.3, 0.4) is 0 Å². The lowest BCUT2D eigenvalue weighted by Gasteiger charge is -2.24. The van der Waals surface area contributed by atoms with E-state index in [2.05, 4.69) is 10.6 Å². The van der Waals surface area contributed by atoms with E-state index in [4.69, 9.17) is 9.47 Å². The molecule has 2 atom stereocenters. The van der Waals surface area contributed by atoms with Gasteiger partial charge in [0.05, 0.1) is 19.8 Å². The molecule has 1 aliphatic heterocycles. The molecule has 1 heterocycles. The molecule has 0 saturated carbocycles. The Hall–Kier alpha value is -1.14. The van der Waals surface area contributed by atoms with Crippen molar-refractivity contribution in [3.8, 4) is 0 Å². The average molecular weight is 315 g/mol. The fourth-order valence-corrected chi connectivity index (χ4v) is 2.04. The monoisotopic (exact) mass is 314 g/mol. The summed E-state index contributed by atoms with van der Waals surface area (Å²) in [6, 6.07) is 9.95. The van der Waals surface area contributed by atoms with Crippen LogP contribution in [0.15, 0.2) is 30.3 Å². The first-order valence-electron chi connectivity index (χ1n) is 7.00. The molecule has 1 saturated heterocycles. The highest BCUT2D eigenvalue weighted by Crippen LogP contribution is 2.01. The van der Waals surface area contributed by atoms with E-state index in [1.54, 1.807) is 0 Å². The van der Waals surface area contributed by atoms with E-state index in [9.17, 15) is 4.79 Å². The lowest BCUT2D eigenvalue weighted by Crippen LogP contribution is -2.50. The minimum absolute atomic E-state index is 0. The van der Waals surface area contributed by atoms with Crippen LogP contribution in [0.2, 0.25) is 0 Å². The maximum absolute atomic E-state index is 11.9. The fourth-order valence-electron chi connectivity index (χ4n) is 2.04. The Kier molecular flexibility index (Phi) is 8.30. The van der Waals surface area contributed by atoms with E-state index in [0.29, 0.717) is 26.4 Å². The number of nitrogens with one attached hydrogen (secondary N) is 2. The van der Waals surface area contributed by atoms with Crippen molar-refractivity contribution >= 4 is 18.3 Å². The van der Waals surface area contributed by atoms with Crippen molar-refractivity contribution in [3.05, 3.63) is 35.9 Å². The zero-order valence-electron chi connectivity index (χ0n) is 12.2. The van der Waals surface area contributed by atoms with E-state index in [1.807, 2.05) is 37.3 Å². The SMILES string of the molecule is CC(COCc1ccccc1)NC(=O)C1CNCCO1.Cl. The normalized spacial score (nSPS) is 19.4. The lowest BCUT2D eigenvalue weighted by molar-refractivity contribution is -0.135. The molecular weight excluding hydrogens is 292 g/mol. The topological polar surface area (TPSA) is 59.6 Å². The van der Waals surface area contributed by atoms with Gasteiger partial charge < -0.3 is 20.1 Å². The zero-order valence-corrected chi connectivity index (χ0v) is 13.0. The van der Waals surface area contributed by atoms with Crippen molar-refractivity contribution in [2.24, 2.45) is 0 Å². The minimum atomic E-state index is -0.389. The lowest BCUT2D eigenvalue weighted by atomic mass is 10.2. The summed E-state index contributed by atoms with van der Waals surface area (Å²) in [5.41, 5.74) is 1.13. The average Bonchev–Trinajstić information content (AvgIpc) is 2.49. The summed E-state index contributed by atoms with van der Waals surface area (Å²) < 4.78 is 11.0. The Morgan fingerprint density at radius 3 is 2.90 bits per heavy atom. The molecular formula is C15H23ClN2O3. The van der Waals surface area contributed by atoms with Gasteiger partial charge >= 0.3 is 0 Å². The number of ether oxygens (including phenoxy) is 2. The number of morpholine rings is 1. The molecule has 0 aliphatic carbocycles. The van der Waals surface area contributed by atoms with Crippen LogP contribution in [0.5, 0.6) is 0 Å². The largest absolute Gasteiger partial charge is 0.375 e. The number of rotatable bonds is 6. The van der Waals surface area contributed by atoms with Crippen LogP contribution in [-0.2, 0) is 20.9 Å². The highest BCUT2D eigenvalue weighted by Gasteiger charge is 2.22. The third-order valence-corrected chi connectivity index (χ3v) is 3.09. The maximum atomic E-state index is 11.9. The van der Waals surface area contributed by atoms with E-state index in [1.165, 1.54) is 0 Å². The Balaban J connectivity index is 0.00000220. The minimum Gasteiger partial charge on any atom is -0.375 e. The fraction of sp³-hybridized carbons (Fsp3) is 0.533. The third kappa shape index (κ3) is 6.44. The van der Waals surface area contributed by atoms with E-state index >= 15 is 0 Å². The molecule has 2 rings (SSSR count). The Bertz CT molecular complexity index is 411. The first-order valence-corrected chi connectivity index (χ1v) is 7.00. The number of halogens is 1. The van der Waals surface area contributed by atoms with Gasteiger partial charge in [-0.2, -0.15) is 0 Å². The number of hydrogen-bond donors (Lipinski definition) is 2. The van der Waals surface area contributed by atoms with Crippen molar-refractivity contribution in [2.75, 3.05) is 26.3 Å². The summed E-state index contributed by atoms with van der Waals surface area (Å²) in [6.07, 6.45) is -0.389. The van der Waals surface area contributed by atoms with E-state index in [-0.39, 0.29) is 30.5 Å². The van der Waals surface area contributed by atoms with Gasteiger partial charge in [0.2, 0.25) is 0 Å². The van der Waals surface area contributed by atoms with Gasteiger partial charge in [0.25, 0.3) is 5.91 Å². The second-order valence-electron chi connectivity index (χ2n) is 4.97. The van der Waals surface area contributed by atoms with Crippen LogP contribution >= 0.6 is 12.4 Å². The molecule has 1 fully saturated rings. The predicted molar refractivity (Wildman–Crippen MR) is 83.6 cm³/mol. The molecule has 0 bridgehead atoms. The van der Waals surface area contributed by atoms with Crippen molar-refractivity contribution in [3.63, 3.8) is 0 Å². The van der Waals surface area contributed by atoms with Crippen LogP contribution in [0.1, 0.15) is 12.5 Å². The van der Waals surface area contributed by atoms with Crippen LogP contribution < -0.4 is 10.6 Å². The van der Waals surface area contributed by atoms with Gasteiger partial charge in [-0.05, 0) is 12.5 Å². The van der Waals surface area contributed by atoms with Crippen molar-refractivity contribution in [1.29, 1.82) is 0 Å². The second kappa shape index (κ2) is 9.73. The molecule has 118 valence electrons. The number of carbonyl (C=O) groups is 1. The molecule has 1 aliphatic rings. The molecule has 2 N–H and O–H groups in total. The van der Waals surface area contributed by atoms with Crippen molar-refractivity contribution in [1.82, 2.24) is 10.6 Å². The molecule has 21 heavy (non-hydrogen) atoms. The molecule has 2 unspecified atom stereocenters. The maximum Gasteiger partial charge on any atom is 0.250 e. The Morgan fingerprint density at radius 2 is 2.24 bits per heavy atom. The number of hydrogen-bond acceptors (Lipinski definition) is 4. The molecule has 0 radical (unpaired) electrons. The number of amides is 1. The molecule has 0 aromatic heterocycles. The summed E-state index contributed by atoms with van der Waals surface area (Å²) in [7, 11) is 0. The summed E-state index contributed by atoms with van der Waals surface area (Å²) in [4.78, 5) is 11.9. The molecule has 6 heteroatoms. The van der Waals surface area contributed by atoms with Gasteiger partial charge in [-0.25, -0.2) is 0 Å². The summed E-state index contributed by atoms with van der Waals surface area (Å²) in [5.74, 6) is -0.0759. The van der Waals surface area contributed by atoms with Gasteiger partial charge in [0, 0.05) is 19.1 Å². The summed E-state index contributed by atoms with van der Waals surface area (Å²) in [6.45, 7) is 4.93. The first kappa shape index (κ1) is 17.9. The van der Waals surface area contributed by atoms with Crippen LogP contribution in [-0.4, -0.2) is 44.4 Å². The quantitative estimate of drug-likeness (QED) is 0.826.